The third-order valence-corrected chi connectivity index (χ3v) is 13.5. The van der Waals surface area contributed by atoms with Gasteiger partial charge in [0.05, 0.1) is 19.3 Å². The molecule has 3 saturated carbocycles. The van der Waals surface area contributed by atoms with Gasteiger partial charge in [-0.3, -0.25) is 4.79 Å². The molecule has 4 fully saturated rings. The van der Waals surface area contributed by atoms with E-state index in [1.54, 1.807) is 0 Å². The molecule has 258 valence electrons. The van der Waals surface area contributed by atoms with Gasteiger partial charge in [-0.2, -0.15) is 0 Å². The number of aliphatic hydroxyl groups excluding tert-OH is 1. The minimum Gasteiger partial charge on any atom is -0.452 e. The maximum atomic E-state index is 16.1. The second-order valence-corrected chi connectivity index (χ2v) is 16.5. The van der Waals surface area contributed by atoms with Crippen molar-refractivity contribution in [1.82, 2.24) is 0 Å². The molecule has 5 aliphatic rings. The van der Waals surface area contributed by atoms with Crippen molar-refractivity contribution in [1.29, 1.82) is 0 Å². The Labute approximate surface area is 288 Å². The zero-order valence-corrected chi connectivity index (χ0v) is 29.6. The highest BCUT2D eigenvalue weighted by molar-refractivity contribution is 5.87. The van der Waals surface area contributed by atoms with Gasteiger partial charge >= 0.3 is 5.97 Å². The average Bonchev–Trinajstić information content (AvgIpc) is 3.85. The Morgan fingerprint density at radius 1 is 0.958 bits per heavy atom. The van der Waals surface area contributed by atoms with Crippen LogP contribution in [0, 0.1) is 57.7 Å². The minimum atomic E-state index is -1.09. The molecule has 7 rings (SSSR count). The second-order valence-electron chi connectivity index (χ2n) is 16.5. The van der Waals surface area contributed by atoms with E-state index in [4.69, 9.17) is 14.2 Å². The summed E-state index contributed by atoms with van der Waals surface area (Å²) in [6, 6.07) is 20.2. The number of benzene rings is 2. The predicted molar refractivity (Wildman–Crippen MR) is 189 cm³/mol. The molecule has 1 saturated heterocycles. The van der Waals surface area contributed by atoms with E-state index < -0.39 is 34.7 Å². The summed E-state index contributed by atoms with van der Waals surface area (Å²) in [7, 11) is 0. The van der Waals surface area contributed by atoms with Crippen molar-refractivity contribution in [2.45, 2.75) is 91.6 Å². The molecule has 5 heteroatoms. The summed E-state index contributed by atoms with van der Waals surface area (Å²) < 4.78 is 20.3. The summed E-state index contributed by atoms with van der Waals surface area (Å²) in [5, 5.41) is 13.0. The first-order valence-electron chi connectivity index (χ1n) is 18.7. The summed E-state index contributed by atoms with van der Waals surface area (Å²) in [5.74, 6) is 1.65. The Balaban J connectivity index is 1.45. The predicted octanol–water partition coefficient (Wildman–Crippen LogP) is 8.93. The number of allylic oxidation sites excluding steroid dienone is 2. The van der Waals surface area contributed by atoms with E-state index in [2.05, 4.69) is 47.3 Å². The van der Waals surface area contributed by atoms with Crippen LogP contribution in [-0.2, 0) is 19.0 Å². The Hall–Kier alpha value is -2.73. The molecule has 48 heavy (non-hydrogen) atoms. The molecule has 0 aromatic heterocycles. The standard InChI is InChI=1S/C43H56O5/c1-7-30(22-27(2)3)23-37(44)41-26-34-29(6)18-19-35(34)42(40-46-20-21-47-40)25-33(41)24-36(28(4)5)43(41,42)39(45)48-38(31-14-10-8-11-15-31)32-16-12-9-13-17-32/h7-17,24,27-30,33-35,37-38,40,44H,1,18-23,25-26H2,2-6H3/t29-,30?,33?,34-,35-,37?,41?,42?,43-/m1/s1. The van der Waals surface area contributed by atoms with Crippen molar-refractivity contribution in [3.63, 3.8) is 0 Å². The molecule has 0 amide bonds. The molecule has 4 bridgehead atoms. The lowest BCUT2D eigenvalue weighted by Crippen LogP contribution is -2.68. The lowest BCUT2D eigenvalue weighted by atomic mass is 9.40. The lowest BCUT2D eigenvalue weighted by molar-refractivity contribution is -0.255. The quantitative estimate of drug-likeness (QED) is 0.183. The summed E-state index contributed by atoms with van der Waals surface area (Å²) in [6.07, 6.45) is 7.90. The number of carbonyl (C=O) groups excluding carboxylic acids is 1. The van der Waals surface area contributed by atoms with Crippen molar-refractivity contribution in [2.24, 2.45) is 57.7 Å². The maximum absolute atomic E-state index is 16.1. The molecule has 4 aliphatic carbocycles. The molecule has 9 atom stereocenters. The van der Waals surface area contributed by atoms with Gasteiger partial charge in [0.2, 0.25) is 0 Å². The van der Waals surface area contributed by atoms with Crippen LogP contribution >= 0.6 is 0 Å². The fourth-order valence-electron chi connectivity index (χ4n) is 11.9. The van der Waals surface area contributed by atoms with E-state index in [0.717, 1.165) is 48.8 Å². The highest BCUT2D eigenvalue weighted by Gasteiger charge is 2.88. The van der Waals surface area contributed by atoms with Crippen LogP contribution in [0.4, 0.5) is 0 Å². The molecule has 0 radical (unpaired) electrons. The number of aliphatic hydroxyl groups is 1. The van der Waals surface area contributed by atoms with Crippen LogP contribution in [0.15, 0.2) is 85.0 Å². The summed E-state index contributed by atoms with van der Waals surface area (Å²) in [5.41, 5.74) is 0.550. The molecule has 1 heterocycles. The van der Waals surface area contributed by atoms with Gasteiger partial charge in [0.1, 0.15) is 5.41 Å². The molecule has 1 N–H and O–H groups in total. The van der Waals surface area contributed by atoms with Crippen LogP contribution in [0.1, 0.15) is 90.4 Å². The fourth-order valence-corrected chi connectivity index (χ4v) is 11.9. The average molecular weight is 653 g/mol. The van der Waals surface area contributed by atoms with Crippen LogP contribution in [0.25, 0.3) is 0 Å². The highest BCUT2D eigenvalue weighted by Crippen LogP contribution is 2.85. The van der Waals surface area contributed by atoms with E-state index in [-0.39, 0.29) is 29.6 Å². The van der Waals surface area contributed by atoms with Crippen LogP contribution in [-0.4, -0.2) is 36.7 Å². The van der Waals surface area contributed by atoms with Crippen LogP contribution < -0.4 is 0 Å². The van der Waals surface area contributed by atoms with Gasteiger partial charge in [0.25, 0.3) is 0 Å². The van der Waals surface area contributed by atoms with Gasteiger partial charge in [0.15, 0.2) is 12.4 Å². The Morgan fingerprint density at radius 3 is 2.15 bits per heavy atom. The van der Waals surface area contributed by atoms with Crippen molar-refractivity contribution >= 4 is 5.97 Å². The van der Waals surface area contributed by atoms with Crippen LogP contribution in [0.3, 0.4) is 0 Å². The van der Waals surface area contributed by atoms with Gasteiger partial charge in [0, 0.05) is 10.8 Å². The summed E-state index contributed by atoms with van der Waals surface area (Å²) >= 11 is 0. The molecule has 2 aromatic carbocycles. The second kappa shape index (κ2) is 12.9. The number of hydrogen-bond donors (Lipinski definition) is 1. The van der Waals surface area contributed by atoms with E-state index in [1.807, 2.05) is 66.7 Å². The third-order valence-electron chi connectivity index (χ3n) is 13.5. The van der Waals surface area contributed by atoms with Crippen molar-refractivity contribution in [3.05, 3.63) is 96.1 Å². The number of esters is 1. The van der Waals surface area contributed by atoms with Crippen LogP contribution in [0.2, 0.25) is 0 Å². The van der Waals surface area contributed by atoms with E-state index in [9.17, 15) is 5.11 Å². The maximum Gasteiger partial charge on any atom is 0.318 e. The number of carbonyl (C=O) groups is 1. The number of ether oxygens (including phenoxy) is 3. The Morgan fingerprint density at radius 2 is 1.58 bits per heavy atom. The number of hydrogen-bond acceptors (Lipinski definition) is 5. The van der Waals surface area contributed by atoms with Gasteiger partial charge in [-0.15, -0.1) is 6.58 Å². The summed E-state index contributed by atoms with van der Waals surface area (Å²) in [4.78, 5) is 16.1. The monoisotopic (exact) mass is 652 g/mol. The normalized spacial score (nSPS) is 35.2. The van der Waals surface area contributed by atoms with Gasteiger partial charge in [-0.05, 0) is 84.7 Å². The molecule has 2 aromatic rings. The van der Waals surface area contributed by atoms with Gasteiger partial charge in [-0.25, -0.2) is 0 Å². The van der Waals surface area contributed by atoms with E-state index in [0.29, 0.717) is 37.4 Å². The largest absolute Gasteiger partial charge is 0.452 e. The van der Waals surface area contributed by atoms with Crippen molar-refractivity contribution in [3.8, 4) is 0 Å². The molecular formula is C43H56O5. The first kappa shape index (κ1) is 33.8. The first-order valence-corrected chi connectivity index (χ1v) is 18.7. The summed E-state index contributed by atoms with van der Waals surface area (Å²) in [6.45, 7) is 16.5. The molecule has 1 aliphatic heterocycles. The zero-order valence-electron chi connectivity index (χ0n) is 29.6. The number of rotatable bonds is 12. The smallest absolute Gasteiger partial charge is 0.318 e. The van der Waals surface area contributed by atoms with Crippen molar-refractivity contribution in [2.75, 3.05) is 13.2 Å². The Bertz CT molecular complexity index is 1450. The third kappa shape index (κ3) is 4.77. The molecule has 5 unspecified atom stereocenters. The highest BCUT2D eigenvalue weighted by atomic mass is 16.7. The topological polar surface area (TPSA) is 65.0 Å². The van der Waals surface area contributed by atoms with Crippen LogP contribution in [0.5, 0.6) is 0 Å². The Kier molecular flexibility index (Phi) is 9.05. The SMILES string of the molecule is C=CC(CC(C)C)CC(O)C12C[C@@H]3[C@H](C)CC[C@H]3C3(C4OCCO4)CC1C=C(C(C)C)[C@@]23C(=O)OC(c1ccccc1)c1ccccc1. The van der Waals surface area contributed by atoms with Gasteiger partial charge < -0.3 is 19.3 Å². The zero-order chi connectivity index (χ0) is 33.8. The first-order chi connectivity index (χ1) is 23.1. The lowest BCUT2D eigenvalue weighted by Gasteiger charge is -2.63. The van der Waals surface area contributed by atoms with E-state index >= 15 is 4.79 Å². The minimum absolute atomic E-state index is 0.0273. The number of fused-ring (bicyclic) bond motifs is 2. The van der Waals surface area contributed by atoms with Crippen molar-refractivity contribution < 1.29 is 24.1 Å². The molecule has 5 nitrogen and oxygen atoms in total. The van der Waals surface area contributed by atoms with E-state index in [1.165, 1.54) is 0 Å². The van der Waals surface area contributed by atoms with Gasteiger partial charge in [-0.1, -0.05) is 119 Å². The fraction of sp³-hybridized carbons (Fsp3) is 0.605. The molecule has 0 spiro atoms. The molecular weight excluding hydrogens is 596 g/mol.